The van der Waals surface area contributed by atoms with Crippen LogP contribution < -0.4 is 0 Å². The Morgan fingerprint density at radius 2 is 1.63 bits per heavy atom. The molecule has 3 nitrogen and oxygen atoms in total. The van der Waals surface area contributed by atoms with E-state index in [2.05, 4.69) is 19.4 Å². The van der Waals surface area contributed by atoms with Crippen LogP contribution in [-0.4, -0.2) is 51.1 Å². The molecule has 1 unspecified atom stereocenters. The number of allylic oxidation sites excluding steroid dienone is 4. The zero-order valence-corrected chi connectivity index (χ0v) is 25.4. The molecular weight excluding hydrogens is 577 g/mol. The van der Waals surface area contributed by atoms with E-state index in [0.717, 1.165) is 37.2 Å². The van der Waals surface area contributed by atoms with Crippen LogP contribution in [0.1, 0.15) is 98.3 Å². The van der Waals surface area contributed by atoms with E-state index in [1.807, 2.05) is 19.1 Å². The lowest BCUT2D eigenvalue weighted by Crippen LogP contribution is -2.55. The van der Waals surface area contributed by atoms with Gasteiger partial charge in [0.2, 0.25) is 0 Å². The van der Waals surface area contributed by atoms with Crippen molar-refractivity contribution in [3.63, 3.8) is 0 Å². The monoisotopic (exact) mass is 622 g/mol. The van der Waals surface area contributed by atoms with E-state index in [4.69, 9.17) is 0 Å². The largest absolute Gasteiger partial charge is 0.438 e. The smallest absolute Gasteiger partial charge is 0.393 e. The van der Waals surface area contributed by atoms with Crippen molar-refractivity contribution in [3.05, 3.63) is 35.5 Å². The molecule has 0 spiro atoms. The predicted octanol–water partition coefficient (Wildman–Crippen LogP) is 8.30. The second-order valence-electron chi connectivity index (χ2n) is 14.1. The average Bonchev–Trinajstić information content (AvgIpc) is 3.21. The molecule has 3 aliphatic carbocycles. The second kappa shape index (κ2) is 12.5. The highest BCUT2D eigenvalue weighted by Crippen LogP contribution is 2.63. The molecule has 0 saturated heterocycles. The first-order valence-electron chi connectivity index (χ1n) is 15.0. The summed E-state index contributed by atoms with van der Waals surface area (Å²) in [5.41, 5.74) is -5.05. The van der Waals surface area contributed by atoms with Crippen molar-refractivity contribution < 1.29 is 46.1 Å². The van der Waals surface area contributed by atoms with Crippen molar-refractivity contribution in [3.8, 4) is 11.8 Å². The van der Waals surface area contributed by atoms with E-state index in [-0.39, 0.29) is 30.1 Å². The SMILES string of the molecule is C=C1/C(=C\C=C2CCC[C@@]3(C)C2CC[C@@H]3[C@](C)(CC#CC(O)(C(F)(F)F)C(F)(F)F)CCCC(C)(C)O)C[C@@H](O)C[C@H]1F. The zero-order chi connectivity index (χ0) is 32.6. The molecule has 244 valence electrons. The van der Waals surface area contributed by atoms with E-state index in [1.165, 1.54) is 0 Å². The van der Waals surface area contributed by atoms with E-state index in [0.29, 0.717) is 43.3 Å². The molecule has 3 saturated carbocycles. The van der Waals surface area contributed by atoms with Crippen LogP contribution in [-0.2, 0) is 0 Å². The van der Waals surface area contributed by atoms with Gasteiger partial charge in [-0.1, -0.05) is 50.5 Å². The normalized spacial score (nSPS) is 32.4. The molecule has 3 rings (SSSR count). The molecule has 0 heterocycles. The quantitative estimate of drug-likeness (QED) is 0.198. The lowest BCUT2D eigenvalue weighted by Gasteiger charge is -2.49. The van der Waals surface area contributed by atoms with Gasteiger partial charge in [-0.25, -0.2) is 4.39 Å². The van der Waals surface area contributed by atoms with Gasteiger partial charge < -0.3 is 15.3 Å². The maximum absolute atomic E-state index is 14.3. The van der Waals surface area contributed by atoms with Crippen LogP contribution in [0.4, 0.5) is 30.7 Å². The number of hydrogen-bond donors (Lipinski definition) is 3. The summed E-state index contributed by atoms with van der Waals surface area (Å²) in [5.74, 6) is 3.28. The highest BCUT2D eigenvalue weighted by molar-refractivity contribution is 5.39. The van der Waals surface area contributed by atoms with Crippen LogP contribution >= 0.6 is 0 Å². The molecule has 43 heavy (non-hydrogen) atoms. The van der Waals surface area contributed by atoms with Crippen LogP contribution in [0.25, 0.3) is 0 Å². The molecule has 3 aliphatic rings. The standard InChI is InChI=1S/C33H45F7O3/c1-21-23(19-24(41)20-26(21)34)11-10-22-9-6-17-30(5)25(22)12-13-27(30)29(4,15-7-14-28(2,3)42)16-8-18-31(43,32(35,36)37)33(38,39)40/h10-11,24-27,41-43H,1,6-7,9,12-17,19-20H2,2-5H3/b22-10?,23-11-/t24-,25?,26-,27-,29+,30+/m1/s1. The molecule has 0 aromatic carbocycles. The van der Waals surface area contributed by atoms with Crippen molar-refractivity contribution in [1.82, 2.24) is 0 Å². The van der Waals surface area contributed by atoms with Crippen LogP contribution in [0, 0.1) is 34.5 Å². The third kappa shape index (κ3) is 7.70. The Morgan fingerprint density at radius 1 is 1.00 bits per heavy atom. The number of fused-ring (bicyclic) bond motifs is 1. The fourth-order valence-corrected chi connectivity index (χ4v) is 7.81. The molecule has 0 bridgehead atoms. The Labute approximate surface area is 250 Å². The fourth-order valence-electron chi connectivity index (χ4n) is 7.81. The van der Waals surface area contributed by atoms with E-state index in [9.17, 15) is 46.1 Å². The Morgan fingerprint density at radius 3 is 2.21 bits per heavy atom. The molecule has 6 atom stereocenters. The zero-order valence-electron chi connectivity index (χ0n) is 25.4. The summed E-state index contributed by atoms with van der Waals surface area (Å²) in [7, 11) is 0. The molecule has 0 aromatic rings. The number of halogens is 7. The van der Waals surface area contributed by atoms with Gasteiger partial charge in [-0.3, -0.25) is 0 Å². The Kier molecular flexibility index (Phi) is 10.4. The van der Waals surface area contributed by atoms with Crippen molar-refractivity contribution in [2.75, 3.05) is 0 Å². The van der Waals surface area contributed by atoms with Crippen LogP contribution in [0.3, 0.4) is 0 Å². The van der Waals surface area contributed by atoms with Gasteiger partial charge in [0.15, 0.2) is 0 Å². The van der Waals surface area contributed by atoms with Crippen molar-refractivity contribution >= 4 is 0 Å². The van der Waals surface area contributed by atoms with Gasteiger partial charge in [0, 0.05) is 12.8 Å². The molecule has 0 aliphatic heterocycles. The summed E-state index contributed by atoms with van der Waals surface area (Å²) in [4.78, 5) is 0. The maximum atomic E-state index is 14.3. The van der Waals surface area contributed by atoms with Gasteiger partial charge >= 0.3 is 18.0 Å². The van der Waals surface area contributed by atoms with Gasteiger partial charge in [0.05, 0.1) is 11.7 Å². The van der Waals surface area contributed by atoms with Gasteiger partial charge in [-0.2, -0.15) is 26.3 Å². The summed E-state index contributed by atoms with van der Waals surface area (Å²) in [6.07, 6.45) is -5.02. The molecule has 0 aromatic heterocycles. The van der Waals surface area contributed by atoms with E-state index < -0.39 is 41.2 Å². The average molecular weight is 623 g/mol. The Balaban J connectivity index is 1.95. The van der Waals surface area contributed by atoms with Crippen LogP contribution in [0.5, 0.6) is 0 Å². The molecule has 3 fully saturated rings. The Bertz CT molecular complexity index is 1140. The lowest BCUT2D eigenvalue weighted by atomic mass is 9.55. The van der Waals surface area contributed by atoms with Gasteiger partial charge in [-0.05, 0) is 105 Å². The highest BCUT2D eigenvalue weighted by Gasteiger charge is 2.70. The molecule has 3 N–H and O–H groups in total. The minimum Gasteiger partial charge on any atom is -0.393 e. The van der Waals surface area contributed by atoms with Crippen molar-refractivity contribution in [2.24, 2.45) is 22.7 Å². The minimum absolute atomic E-state index is 0.0212. The number of hydrogen-bond acceptors (Lipinski definition) is 3. The number of alkyl halides is 7. The van der Waals surface area contributed by atoms with Crippen LogP contribution in [0.2, 0.25) is 0 Å². The second-order valence-corrected chi connectivity index (χ2v) is 14.1. The molecule has 0 amide bonds. The van der Waals surface area contributed by atoms with Crippen molar-refractivity contribution in [2.45, 2.75) is 134 Å². The summed E-state index contributed by atoms with van der Waals surface area (Å²) >= 11 is 0. The van der Waals surface area contributed by atoms with Gasteiger partial charge in [0.1, 0.15) is 6.17 Å². The van der Waals surface area contributed by atoms with Crippen LogP contribution in [0.15, 0.2) is 35.5 Å². The predicted molar refractivity (Wildman–Crippen MR) is 151 cm³/mol. The highest BCUT2D eigenvalue weighted by atomic mass is 19.4. The topological polar surface area (TPSA) is 60.7 Å². The van der Waals surface area contributed by atoms with Gasteiger partial charge in [0.25, 0.3) is 0 Å². The van der Waals surface area contributed by atoms with Gasteiger partial charge in [-0.15, -0.1) is 0 Å². The first-order valence-corrected chi connectivity index (χ1v) is 15.0. The van der Waals surface area contributed by atoms with E-state index in [1.54, 1.807) is 13.8 Å². The first-order chi connectivity index (χ1) is 19.5. The first kappa shape index (κ1) is 35.6. The summed E-state index contributed by atoms with van der Waals surface area (Å²) in [6.45, 7) is 11.1. The molecular formula is C33H45F7O3. The molecule has 0 radical (unpaired) electrons. The fraction of sp³-hybridized carbons (Fsp3) is 0.758. The maximum Gasteiger partial charge on any atom is 0.438 e. The number of rotatable bonds is 7. The summed E-state index contributed by atoms with van der Waals surface area (Å²) < 4.78 is 94.1. The number of aliphatic hydroxyl groups is 3. The molecule has 10 heteroatoms. The lowest BCUT2D eigenvalue weighted by molar-refractivity contribution is -0.343. The van der Waals surface area contributed by atoms with Crippen molar-refractivity contribution in [1.29, 1.82) is 0 Å². The summed E-state index contributed by atoms with van der Waals surface area (Å²) in [5, 5.41) is 29.9. The number of aliphatic hydroxyl groups excluding tert-OH is 1. The van der Waals surface area contributed by atoms with E-state index >= 15 is 0 Å². The minimum atomic E-state index is -6.01. The Hall–Kier alpha value is -1.83. The third-order valence-corrected chi connectivity index (χ3v) is 10.1. The summed E-state index contributed by atoms with van der Waals surface area (Å²) in [6, 6.07) is 0. The third-order valence-electron chi connectivity index (χ3n) is 10.1.